The van der Waals surface area contributed by atoms with E-state index in [0.29, 0.717) is 21.5 Å². The summed E-state index contributed by atoms with van der Waals surface area (Å²) in [6, 6.07) is 7.94. The van der Waals surface area contributed by atoms with E-state index in [4.69, 9.17) is 33.0 Å². The first kappa shape index (κ1) is 18.0. The molecule has 0 amide bonds. The molecule has 0 spiro atoms. The van der Waals surface area contributed by atoms with Gasteiger partial charge in [0.25, 0.3) is 0 Å². The van der Waals surface area contributed by atoms with Crippen LogP contribution in [0, 0.1) is 11.3 Å². The van der Waals surface area contributed by atoms with Gasteiger partial charge >= 0.3 is 0 Å². The first-order valence-electron chi connectivity index (χ1n) is 6.93. The molecule has 0 saturated heterocycles. The van der Waals surface area contributed by atoms with E-state index >= 15 is 0 Å². The molecule has 2 rings (SSSR count). The molecule has 124 valence electrons. The molecule has 0 aliphatic carbocycles. The summed E-state index contributed by atoms with van der Waals surface area (Å²) in [4.78, 5) is 12.3. The van der Waals surface area contributed by atoms with Crippen molar-refractivity contribution in [3.05, 3.63) is 45.8 Å². The predicted molar refractivity (Wildman–Crippen MR) is 92.7 cm³/mol. The summed E-state index contributed by atoms with van der Waals surface area (Å²) < 4.78 is 5.15. The van der Waals surface area contributed by atoms with Crippen LogP contribution in [-0.4, -0.2) is 16.7 Å². The van der Waals surface area contributed by atoms with Crippen molar-refractivity contribution in [3.63, 3.8) is 0 Å². The van der Waals surface area contributed by atoms with Gasteiger partial charge in [0.05, 0.1) is 10.7 Å². The maximum absolute atomic E-state index is 12.3. The molecule has 0 aliphatic heterocycles. The number of ketones is 1. The van der Waals surface area contributed by atoms with Crippen LogP contribution >= 0.6 is 23.2 Å². The number of anilines is 1. The van der Waals surface area contributed by atoms with Crippen molar-refractivity contribution in [2.75, 3.05) is 5.43 Å². The second-order valence-electron chi connectivity index (χ2n) is 5.96. The van der Waals surface area contributed by atoms with Crippen molar-refractivity contribution in [1.29, 1.82) is 5.26 Å². The molecule has 1 aromatic carbocycles. The van der Waals surface area contributed by atoms with E-state index in [1.807, 2.05) is 20.8 Å². The number of Topliss-reactive ketones (excluding diaryl/α,β-unsaturated/α-hetero) is 1. The molecule has 1 heterocycles. The number of benzene rings is 1. The fourth-order valence-corrected chi connectivity index (χ4v) is 2.01. The first-order chi connectivity index (χ1) is 11.2. The number of carbonyl (C=O) groups excluding carboxylic acids is 1. The largest absolute Gasteiger partial charge is 0.360 e. The summed E-state index contributed by atoms with van der Waals surface area (Å²) in [5.74, 6) is -0.114. The SMILES string of the molecule is CC(C)(C)c1cc(C(=O)C(C#N)=NNc2cc(Cl)ccc2Cl)no1. The molecule has 0 saturated carbocycles. The van der Waals surface area contributed by atoms with Gasteiger partial charge < -0.3 is 4.52 Å². The summed E-state index contributed by atoms with van der Waals surface area (Å²) in [5, 5.41) is 17.5. The maximum Gasteiger partial charge on any atom is 0.245 e. The van der Waals surface area contributed by atoms with E-state index in [1.54, 1.807) is 18.2 Å². The Morgan fingerprint density at radius 1 is 1.33 bits per heavy atom. The third-order valence-electron chi connectivity index (χ3n) is 3.02. The molecule has 8 heteroatoms. The average Bonchev–Trinajstić information content (AvgIpc) is 3.01. The Labute approximate surface area is 149 Å². The van der Waals surface area contributed by atoms with Crippen molar-refractivity contribution in [3.8, 4) is 6.07 Å². The Hall–Kier alpha value is -2.36. The lowest BCUT2D eigenvalue weighted by Gasteiger charge is -2.11. The molecule has 6 nitrogen and oxygen atoms in total. The van der Waals surface area contributed by atoms with Gasteiger partial charge in [0.2, 0.25) is 11.5 Å². The topological polar surface area (TPSA) is 91.3 Å². The van der Waals surface area contributed by atoms with E-state index in [2.05, 4.69) is 15.7 Å². The van der Waals surface area contributed by atoms with E-state index < -0.39 is 5.78 Å². The third kappa shape index (κ3) is 4.13. The van der Waals surface area contributed by atoms with E-state index in [9.17, 15) is 4.79 Å². The molecular formula is C16H14Cl2N4O2. The van der Waals surface area contributed by atoms with Crippen molar-refractivity contribution < 1.29 is 9.32 Å². The maximum atomic E-state index is 12.3. The summed E-state index contributed by atoms with van der Waals surface area (Å²) >= 11 is 11.9. The number of nitriles is 1. The zero-order valence-electron chi connectivity index (χ0n) is 13.2. The van der Waals surface area contributed by atoms with Gasteiger partial charge in [0.15, 0.2) is 5.69 Å². The minimum Gasteiger partial charge on any atom is -0.360 e. The lowest BCUT2D eigenvalue weighted by Crippen LogP contribution is -2.15. The molecule has 0 aliphatic rings. The van der Waals surface area contributed by atoms with Crippen molar-refractivity contribution in [2.24, 2.45) is 5.10 Å². The quantitative estimate of drug-likeness (QED) is 0.491. The van der Waals surface area contributed by atoms with Gasteiger partial charge in [-0.2, -0.15) is 10.4 Å². The van der Waals surface area contributed by atoms with Crippen LogP contribution < -0.4 is 5.43 Å². The van der Waals surface area contributed by atoms with Gasteiger partial charge in [-0.25, -0.2) is 0 Å². The normalized spacial score (nSPS) is 11.9. The Kier molecular flexibility index (Phi) is 5.27. The third-order valence-corrected chi connectivity index (χ3v) is 3.58. The molecule has 0 fully saturated rings. The molecule has 0 bridgehead atoms. The highest BCUT2D eigenvalue weighted by molar-refractivity contribution is 6.51. The second kappa shape index (κ2) is 7.04. The number of halogens is 2. The fourth-order valence-electron chi connectivity index (χ4n) is 1.68. The van der Waals surface area contributed by atoms with Gasteiger partial charge in [-0.1, -0.05) is 49.1 Å². The lowest BCUT2D eigenvalue weighted by atomic mass is 9.93. The highest BCUT2D eigenvalue weighted by Crippen LogP contribution is 2.25. The summed E-state index contributed by atoms with van der Waals surface area (Å²) in [7, 11) is 0. The first-order valence-corrected chi connectivity index (χ1v) is 7.68. The standard InChI is InChI=1S/C16H14Cl2N4O2/c1-16(2,3)14-7-12(22-24-14)15(23)13(8-19)21-20-11-6-9(17)4-5-10(11)18/h4-7,20H,1-3H3. The Morgan fingerprint density at radius 3 is 2.62 bits per heavy atom. The Balaban J connectivity index is 2.24. The van der Waals surface area contributed by atoms with Crippen LogP contribution in [0.25, 0.3) is 0 Å². The Bertz CT molecular complexity index is 844. The fraction of sp³-hybridized carbons (Fsp3) is 0.250. The van der Waals surface area contributed by atoms with Crippen LogP contribution in [0.5, 0.6) is 0 Å². The number of hydrogen-bond donors (Lipinski definition) is 1. The second-order valence-corrected chi connectivity index (χ2v) is 6.81. The molecule has 0 unspecified atom stereocenters. The minimum atomic E-state index is -0.651. The van der Waals surface area contributed by atoms with Gasteiger partial charge in [0, 0.05) is 16.5 Å². The van der Waals surface area contributed by atoms with Gasteiger partial charge in [-0.15, -0.1) is 0 Å². The van der Waals surface area contributed by atoms with Crippen molar-refractivity contribution in [1.82, 2.24) is 5.16 Å². The monoisotopic (exact) mass is 364 g/mol. The van der Waals surface area contributed by atoms with Gasteiger partial charge in [-0.3, -0.25) is 10.2 Å². The summed E-state index contributed by atoms with van der Waals surface area (Å²) in [5.41, 5.74) is 2.27. The summed E-state index contributed by atoms with van der Waals surface area (Å²) in [6.07, 6.45) is 0. The lowest BCUT2D eigenvalue weighted by molar-refractivity contribution is 0.105. The van der Waals surface area contributed by atoms with E-state index in [1.165, 1.54) is 12.1 Å². The van der Waals surface area contributed by atoms with Crippen LogP contribution in [0.2, 0.25) is 10.0 Å². The minimum absolute atomic E-state index is 0.0132. The smallest absolute Gasteiger partial charge is 0.245 e. The summed E-state index contributed by atoms with van der Waals surface area (Å²) in [6.45, 7) is 5.76. The van der Waals surface area contributed by atoms with Gasteiger partial charge in [0.1, 0.15) is 11.8 Å². The molecule has 24 heavy (non-hydrogen) atoms. The number of aromatic nitrogens is 1. The van der Waals surface area contributed by atoms with Crippen molar-refractivity contribution >= 4 is 40.4 Å². The van der Waals surface area contributed by atoms with Crippen LogP contribution in [-0.2, 0) is 5.41 Å². The predicted octanol–water partition coefficient (Wildman–Crippen LogP) is 4.45. The highest BCUT2D eigenvalue weighted by Gasteiger charge is 2.24. The van der Waals surface area contributed by atoms with Crippen molar-refractivity contribution in [2.45, 2.75) is 26.2 Å². The number of hydrazone groups is 1. The molecule has 2 aromatic rings. The number of nitrogens with one attached hydrogen (secondary N) is 1. The average molecular weight is 365 g/mol. The van der Waals surface area contributed by atoms with Crippen LogP contribution in [0.3, 0.4) is 0 Å². The number of hydrogen-bond acceptors (Lipinski definition) is 6. The highest BCUT2D eigenvalue weighted by atomic mass is 35.5. The molecule has 1 N–H and O–H groups in total. The molecule has 0 atom stereocenters. The van der Waals surface area contributed by atoms with E-state index in [0.717, 1.165) is 0 Å². The number of rotatable bonds is 4. The molecule has 0 radical (unpaired) electrons. The molecular weight excluding hydrogens is 351 g/mol. The Morgan fingerprint density at radius 2 is 2.04 bits per heavy atom. The van der Waals surface area contributed by atoms with Crippen LogP contribution in [0.1, 0.15) is 37.0 Å². The zero-order valence-corrected chi connectivity index (χ0v) is 14.7. The van der Waals surface area contributed by atoms with Gasteiger partial charge in [-0.05, 0) is 18.2 Å². The van der Waals surface area contributed by atoms with Crippen LogP contribution in [0.15, 0.2) is 33.9 Å². The van der Waals surface area contributed by atoms with E-state index in [-0.39, 0.29) is 16.8 Å². The number of nitrogens with zero attached hydrogens (tertiary/aromatic N) is 3. The van der Waals surface area contributed by atoms with Crippen LogP contribution in [0.4, 0.5) is 5.69 Å². The number of carbonyl (C=O) groups is 1. The zero-order chi connectivity index (χ0) is 17.9. The molecule has 1 aromatic heterocycles.